The minimum absolute atomic E-state index is 0.572. The number of aromatic nitrogens is 1. The maximum atomic E-state index is 4.32. The monoisotopic (exact) mass is 434 g/mol. The van der Waals surface area contributed by atoms with Crippen LogP contribution in [-0.4, -0.2) is 49.7 Å². The number of hydrogen-bond acceptors (Lipinski definition) is 4. The van der Waals surface area contributed by atoms with Crippen molar-refractivity contribution < 1.29 is 0 Å². The maximum absolute atomic E-state index is 4.32. The van der Waals surface area contributed by atoms with Gasteiger partial charge in [-0.1, -0.05) is 32.0 Å². The molecule has 4 heteroatoms. The Labute approximate surface area is 195 Å². The zero-order valence-electron chi connectivity index (χ0n) is 20.6. The first-order chi connectivity index (χ1) is 15.5. The van der Waals surface area contributed by atoms with Crippen molar-refractivity contribution in [3.63, 3.8) is 0 Å². The number of likely N-dealkylation sites (N-methyl/N-ethyl adjacent to an activating group) is 1. The fraction of sp³-hybridized carbons (Fsp3) is 0.607. The van der Waals surface area contributed by atoms with E-state index in [0.29, 0.717) is 6.04 Å². The minimum atomic E-state index is 0.572. The molecule has 3 aliphatic rings. The lowest BCUT2D eigenvalue weighted by atomic mass is 9.89. The summed E-state index contributed by atoms with van der Waals surface area (Å²) >= 11 is 0. The summed E-state index contributed by atoms with van der Waals surface area (Å²) in [5, 5.41) is 3.69. The second kappa shape index (κ2) is 10.8. The van der Waals surface area contributed by atoms with Crippen molar-refractivity contribution in [1.29, 1.82) is 0 Å². The number of aryl methyl sites for hydroxylation is 2. The number of benzene rings is 1. The van der Waals surface area contributed by atoms with Gasteiger partial charge in [0, 0.05) is 49.8 Å². The van der Waals surface area contributed by atoms with Crippen molar-refractivity contribution >= 4 is 5.69 Å². The third kappa shape index (κ3) is 5.90. The van der Waals surface area contributed by atoms with Gasteiger partial charge in [0.2, 0.25) is 0 Å². The van der Waals surface area contributed by atoms with Gasteiger partial charge in [-0.25, -0.2) is 0 Å². The van der Waals surface area contributed by atoms with Crippen LogP contribution in [-0.2, 0) is 25.8 Å². The van der Waals surface area contributed by atoms with Crippen molar-refractivity contribution in [2.24, 2.45) is 11.8 Å². The van der Waals surface area contributed by atoms with Crippen LogP contribution in [0.15, 0.2) is 36.5 Å². The molecule has 2 aromatic rings. The molecule has 174 valence electrons. The molecule has 1 aromatic heterocycles. The summed E-state index contributed by atoms with van der Waals surface area (Å²) in [5.74, 6) is 1.61. The van der Waals surface area contributed by atoms with Crippen molar-refractivity contribution in [2.45, 2.75) is 65.0 Å². The highest BCUT2D eigenvalue weighted by molar-refractivity contribution is 5.58. The highest BCUT2D eigenvalue weighted by Crippen LogP contribution is 2.32. The molecule has 0 bridgehead atoms. The van der Waals surface area contributed by atoms with E-state index in [1.807, 2.05) is 12.3 Å². The Morgan fingerprint density at radius 3 is 2.50 bits per heavy atom. The number of nitrogens with one attached hydrogen (secondary N) is 1. The van der Waals surface area contributed by atoms with E-state index in [1.165, 1.54) is 67.7 Å². The molecule has 4 nitrogen and oxygen atoms in total. The van der Waals surface area contributed by atoms with Crippen LogP contribution < -0.4 is 10.2 Å². The van der Waals surface area contributed by atoms with Crippen LogP contribution in [0.5, 0.6) is 0 Å². The molecule has 1 fully saturated rings. The van der Waals surface area contributed by atoms with E-state index in [2.05, 4.69) is 72.3 Å². The van der Waals surface area contributed by atoms with Crippen LogP contribution in [0, 0.1) is 11.8 Å². The second-order valence-electron chi connectivity index (χ2n) is 10.6. The Balaban J connectivity index is 0.000000203. The average Bonchev–Trinajstić information content (AvgIpc) is 2.78. The molecule has 3 heterocycles. The summed E-state index contributed by atoms with van der Waals surface area (Å²) in [5.41, 5.74) is 7.39. The second-order valence-corrected chi connectivity index (χ2v) is 10.6. The number of fused-ring (bicyclic) bond motifs is 2. The van der Waals surface area contributed by atoms with E-state index in [1.54, 1.807) is 5.56 Å². The smallest absolute Gasteiger partial charge is 0.0435 e. The van der Waals surface area contributed by atoms with Gasteiger partial charge in [-0.3, -0.25) is 4.98 Å². The van der Waals surface area contributed by atoms with Crippen LogP contribution in [0.3, 0.4) is 0 Å². The van der Waals surface area contributed by atoms with E-state index in [0.717, 1.165) is 31.3 Å². The first kappa shape index (κ1) is 23.3. The zero-order valence-corrected chi connectivity index (χ0v) is 20.6. The summed E-state index contributed by atoms with van der Waals surface area (Å²) in [6.45, 7) is 9.35. The summed E-state index contributed by atoms with van der Waals surface area (Å²) in [6.07, 6.45) is 9.52. The summed E-state index contributed by atoms with van der Waals surface area (Å²) in [7, 11) is 4.33. The van der Waals surface area contributed by atoms with Gasteiger partial charge in [0.05, 0.1) is 0 Å². The highest BCUT2D eigenvalue weighted by atomic mass is 15.1. The number of rotatable bonds is 3. The van der Waals surface area contributed by atoms with Crippen LogP contribution in [0.2, 0.25) is 0 Å². The predicted molar refractivity (Wildman–Crippen MR) is 135 cm³/mol. The first-order valence-electron chi connectivity index (χ1n) is 12.7. The predicted octanol–water partition coefficient (Wildman–Crippen LogP) is 4.71. The SMILES string of the molecule is CC1CC(C)CN(c2cccc3c2CC(CN(C)C)NC3)C1.c1cnc2c(c1)CCCC2. The van der Waals surface area contributed by atoms with Gasteiger partial charge < -0.3 is 15.1 Å². The van der Waals surface area contributed by atoms with E-state index >= 15 is 0 Å². The molecule has 2 aliphatic heterocycles. The lowest BCUT2D eigenvalue weighted by Gasteiger charge is -2.39. The molecular formula is C28H42N4. The van der Waals surface area contributed by atoms with Crippen LogP contribution in [0.1, 0.15) is 55.5 Å². The third-order valence-corrected chi connectivity index (χ3v) is 7.17. The third-order valence-electron chi connectivity index (χ3n) is 7.17. The number of anilines is 1. The van der Waals surface area contributed by atoms with Gasteiger partial charge in [-0.05, 0) is 93.3 Å². The number of nitrogens with zero attached hydrogens (tertiary/aromatic N) is 3. The highest BCUT2D eigenvalue weighted by Gasteiger charge is 2.27. The van der Waals surface area contributed by atoms with Crippen LogP contribution >= 0.6 is 0 Å². The summed E-state index contributed by atoms with van der Waals surface area (Å²) < 4.78 is 0. The van der Waals surface area contributed by atoms with E-state index in [9.17, 15) is 0 Å². The summed E-state index contributed by atoms with van der Waals surface area (Å²) in [4.78, 5) is 9.26. The van der Waals surface area contributed by atoms with Gasteiger partial charge in [0.25, 0.3) is 0 Å². The van der Waals surface area contributed by atoms with Crippen molar-refractivity contribution in [3.8, 4) is 0 Å². The van der Waals surface area contributed by atoms with Gasteiger partial charge in [-0.15, -0.1) is 0 Å². The lowest BCUT2D eigenvalue weighted by Crippen LogP contribution is -2.44. The quantitative estimate of drug-likeness (QED) is 0.758. The maximum Gasteiger partial charge on any atom is 0.0435 e. The topological polar surface area (TPSA) is 31.4 Å². The summed E-state index contributed by atoms with van der Waals surface area (Å²) in [6, 6.07) is 11.7. The van der Waals surface area contributed by atoms with Crippen LogP contribution in [0.25, 0.3) is 0 Å². The standard InChI is InChI=1S/C19H31N3.C9H11N/c1-14-8-15(2)12-22(11-14)19-7-5-6-16-10-20-17(9-18(16)19)13-21(3)4;1-2-6-9-8(4-1)5-3-7-10-9/h5-7,14-15,17,20H,8-13H2,1-4H3;3,5,7H,1-2,4,6H2. The van der Waals surface area contributed by atoms with Crippen molar-refractivity contribution in [1.82, 2.24) is 15.2 Å². The van der Waals surface area contributed by atoms with E-state index in [4.69, 9.17) is 0 Å². The molecule has 32 heavy (non-hydrogen) atoms. The average molecular weight is 435 g/mol. The first-order valence-corrected chi connectivity index (χ1v) is 12.7. The molecule has 0 saturated carbocycles. The molecule has 1 saturated heterocycles. The molecule has 0 spiro atoms. The molecule has 0 radical (unpaired) electrons. The van der Waals surface area contributed by atoms with E-state index < -0.39 is 0 Å². The molecular weight excluding hydrogens is 392 g/mol. The van der Waals surface area contributed by atoms with Crippen molar-refractivity contribution in [2.75, 3.05) is 38.6 Å². The van der Waals surface area contributed by atoms with Gasteiger partial charge in [0.15, 0.2) is 0 Å². The molecule has 1 aromatic carbocycles. The Kier molecular flexibility index (Phi) is 7.85. The van der Waals surface area contributed by atoms with Gasteiger partial charge in [-0.2, -0.15) is 0 Å². The molecule has 1 aliphatic carbocycles. The Bertz CT molecular complexity index is 842. The number of pyridine rings is 1. The van der Waals surface area contributed by atoms with Gasteiger partial charge >= 0.3 is 0 Å². The fourth-order valence-electron chi connectivity index (χ4n) is 5.85. The lowest BCUT2D eigenvalue weighted by molar-refractivity contribution is 0.325. The minimum Gasteiger partial charge on any atom is -0.371 e. The Morgan fingerprint density at radius 2 is 1.75 bits per heavy atom. The molecule has 3 atom stereocenters. The molecule has 3 unspecified atom stereocenters. The molecule has 5 rings (SSSR count). The van der Waals surface area contributed by atoms with Crippen LogP contribution in [0.4, 0.5) is 5.69 Å². The van der Waals surface area contributed by atoms with Crippen molar-refractivity contribution in [3.05, 3.63) is 58.9 Å². The number of hydrogen-bond donors (Lipinski definition) is 1. The van der Waals surface area contributed by atoms with E-state index in [-0.39, 0.29) is 0 Å². The number of piperidine rings is 1. The zero-order chi connectivity index (χ0) is 22.5. The van der Waals surface area contributed by atoms with Gasteiger partial charge in [0.1, 0.15) is 0 Å². The normalized spacial score (nSPS) is 24.9. The fourth-order valence-corrected chi connectivity index (χ4v) is 5.85. The molecule has 0 amide bonds. The Hall–Kier alpha value is -1.91. The largest absolute Gasteiger partial charge is 0.371 e. The Morgan fingerprint density at radius 1 is 1.00 bits per heavy atom. The molecule has 1 N–H and O–H groups in total.